The molecule has 0 spiro atoms. The van der Waals surface area contributed by atoms with Crippen molar-refractivity contribution in [3.05, 3.63) is 87.0 Å². The predicted molar refractivity (Wildman–Crippen MR) is 166 cm³/mol. The van der Waals surface area contributed by atoms with Crippen LogP contribution in [0.4, 0.5) is 5.69 Å². The van der Waals surface area contributed by atoms with E-state index in [2.05, 4.69) is 16.4 Å². The molecule has 2 aliphatic heterocycles. The minimum absolute atomic E-state index is 0.0644. The number of aromatic nitrogens is 1. The number of carbonyl (C=O) groups excluding carboxylic acids is 2. The molecule has 2 aromatic carbocycles. The van der Waals surface area contributed by atoms with E-state index in [0.29, 0.717) is 49.7 Å². The summed E-state index contributed by atoms with van der Waals surface area (Å²) in [7, 11) is 0. The first-order chi connectivity index (χ1) is 20.7. The van der Waals surface area contributed by atoms with Gasteiger partial charge in [-0.05, 0) is 84.7 Å². The van der Waals surface area contributed by atoms with E-state index in [-0.39, 0.29) is 28.4 Å². The molecule has 2 amide bonds. The molecule has 2 aromatic heterocycles. The van der Waals surface area contributed by atoms with Gasteiger partial charge in [0.1, 0.15) is 11.4 Å². The van der Waals surface area contributed by atoms with Crippen LogP contribution in [0.5, 0.6) is 5.75 Å². The van der Waals surface area contributed by atoms with E-state index >= 15 is 0 Å². The second-order valence-electron chi connectivity index (χ2n) is 10.9. The smallest absolute Gasteiger partial charge is 0.355 e. The largest absolute Gasteiger partial charge is 0.493 e. The Bertz CT molecular complexity index is 1750. The molecule has 1 saturated heterocycles. The highest BCUT2D eigenvalue weighted by molar-refractivity contribution is 7.13. The summed E-state index contributed by atoms with van der Waals surface area (Å²) in [6, 6.07) is 12.5. The maximum absolute atomic E-state index is 14.1. The zero-order valence-electron chi connectivity index (χ0n) is 24.0. The zero-order chi connectivity index (χ0) is 30.2. The van der Waals surface area contributed by atoms with Gasteiger partial charge in [0.15, 0.2) is 5.69 Å². The summed E-state index contributed by atoms with van der Waals surface area (Å²) < 4.78 is 6.13. The lowest BCUT2D eigenvalue weighted by molar-refractivity contribution is 0.0690. The normalized spacial score (nSPS) is 14.0. The average molecular weight is 597 g/mol. The van der Waals surface area contributed by atoms with Crippen molar-refractivity contribution in [1.82, 2.24) is 9.88 Å². The number of hydrogen-bond donors (Lipinski definition) is 3. The van der Waals surface area contributed by atoms with Crippen molar-refractivity contribution in [3.63, 3.8) is 0 Å². The van der Waals surface area contributed by atoms with E-state index < -0.39 is 11.9 Å². The van der Waals surface area contributed by atoms with E-state index in [1.807, 2.05) is 31.4 Å². The van der Waals surface area contributed by atoms with Crippen LogP contribution in [0.1, 0.15) is 66.4 Å². The molecule has 0 atom stereocenters. The number of pyridine rings is 1. The topological polar surface area (TPSA) is 135 Å². The van der Waals surface area contributed by atoms with Crippen molar-refractivity contribution in [2.75, 3.05) is 25.0 Å². The highest BCUT2D eigenvalue weighted by Gasteiger charge is 2.28. The summed E-state index contributed by atoms with van der Waals surface area (Å²) in [5.41, 5.74) is 11.7. The molecule has 4 N–H and O–H groups in total. The zero-order valence-corrected chi connectivity index (χ0v) is 24.8. The molecule has 0 aliphatic carbocycles. The molecule has 4 heterocycles. The molecular weight excluding hydrogens is 564 g/mol. The lowest BCUT2D eigenvalue weighted by Crippen LogP contribution is -2.29. The molecule has 0 bridgehead atoms. The number of carboxylic acids is 1. The fraction of sp³-hybridized carbons (Fsp3) is 0.273. The highest BCUT2D eigenvalue weighted by atomic mass is 32.1. The lowest BCUT2D eigenvalue weighted by atomic mass is 9.93. The van der Waals surface area contributed by atoms with E-state index in [4.69, 9.17) is 10.5 Å². The number of benzene rings is 2. The number of nitrogens with one attached hydrogen (secondary N) is 1. The van der Waals surface area contributed by atoms with Gasteiger partial charge in [0.25, 0.3) is 11.8 Å². The van der Waals surface area contributed by atoms with Crippen molar-refractivity contribution in [1.29, 1.82) is 0 Å². The van der Waals surface area contributed by atoms with Crippen LogP contribution >= 0.6 is 11.3 Å². The monoisotopic (exact) mass is 596 g/mol. The average Bonchev–Trinajstić information content (AvgIpc) is 3.68. The Balaban J connectivity index is 1.51. The Kier molecular flexibility index (Phi) is 7.72. The number of rotatable bonds is 6. The Morgan fingerprint density at radius 2 is 1.77 bits per heavy atom. The molecule has 0 radical (unpaired) electrons. The molecule has 6 rings (SSSR count). The van der Waals surface area contributed by atoms with Gasteiger partial charge in [-0.1, -0.05) is 12.1 Å². The first-order valence-electron chi connectivity index (χ1n) is 14.3. The minimum atomic E-state index is -1.29. The molecular formula is C33H32N4O5S. The van der Waals surface area contributed by atoms with Crippen molar-refractivity contribution < 1.29 is 24.2 Å². The number of aryl methyl sites for hydroxylation is 2. The number of amides is 2. The van der Waals surface area contributed by atoms with Crippen LogP contribution in [0.2, 0.25) is 0 Å². The van der Waals surface area contributed by atoms with Gasteiger partial charge in [0, 0.05) is 58.9 Å². The van der Waals surface area contributed by atoms with E-state index in [1.54, 1.807) is 34.4 Å². The molecule has 0 unspecified atom stereocenters. The fourth-order valence-corrected chi connectivity index (χ4v) is 6.89. The summed E-state index contributed by atoms with van der Waals surface area (Å²) in [6.45, 7) is 5.89. The number of anilines is 1. The van der Waals surface area contributed by atoms with Gasteiger partial charge in [-0.15, -0.1) is 11.3 Å². The standard InChI is InChI=1S/C33H32N4O5S/c1-18-13-20(17-34)14-19(2)28(18)36-31(38)24-15-25-27(42-11-7-21-8-12-43-30(21)25)16-23(24)22-5-6-26(35-29(22)33(40)41)32(39)37-9-3-4-10-37/h5-6,8,12-16H,3-4,7,9-11,17,34H2,1-2H3,(H,36,38)(H,40,41). The Labute approximate surface area is 253 Å². The Morgan fingerprint density at radius 3 is 2.47 bits per heavy atom. The van der Waals surface area contributed by atoms with Crippen LogP contribution in [-0.4, -0.2) is 52.5 Å². The lowest BCUT2D eigenvalue weighted by Gasteiger charge is -2.19. The number of fused-ring (bicyclic) bond motifs is 3. The number of nitrogens with two attached hydrogens (primary N) is 1. The number of ether oxygens (including phenoxy) is 1. The van der Waals surface area contributed by atoms with Gasteiger partial charge in [0.2, 0.25) is 0 Å². The number of aromatic carboxylic acids is 1. The van der Waals surface area contributed by atoms with E-state index in [9.17, 15) is 19.5 Å². The van der Waals surface area contributed by atoms with Crippen molar-refractivity contribution >= 4 is 34.8 Å². The first kappa shape index (κ1) is 28.6. The Morgan fingerprint density at radius 1 is 1.02 bits per heavy atom. The van der Waals surface area contributed by atoms with Crippen LogP contribution < -0.4 is 15.8 Å². The second kappa shape index (κ2) is 11.6. The van der Waals surface area contributed by atoms with Crippen LogP contribution in [0.25, 0.3) is 21.6 Å². The highest BCUT2D eigenvalue weighted by Crippen LogP contribution is 2.43. The van der Waals surface area contributed by atoms with Crippen molar-refractivity contribution in [2.24, 2.45) is 5.73 Å². The van der Waals surface area contributed by atoms with Crippen molar-refractivity contribution in [3.8, 4) is 27.3 Å². The molecule has 4 aromatic rings. The maximum atomic E-state index is 14.1. The third-order valence-electron chi connectivity index (χ3n) is 8.05. The molecule has 43 heavy (non-hydrogen) atoms. The molecule has 10 heteroatoms. The van der Waals surface area contributed by atoms with Gasteiger partial charge in [-0.2, -0.15) is 0 Å². The number of likely N-dealkylation sites (tertiary alicyclic amines) is 1. The molecule has 2 aliphatic rings. The molecule has 220 valence electrons. The van der Waals surface area contributed by atoms with Gasteiger partial charge in [0.05, 0.1) is 6.61 Å². The molecule has 9 nitrogen and oxygen atoms in total. The van der Waals surface area contributed by atoms with Gasteiger partial charge >= 0.3 is 5.97 Å². The quantitative estimate of drug-likeness (QED) is 0.261. The van der Waals surface area contributed by atoms with Crippen LogP contribution in [-0.2, 0) is 13.0 Å². The van der Waals surface area contributed by atoms with Gasteiger partial charge in [-0.25, -0.2) is 9.78 Å². The van der Waals surface area contributed by atoms with Crippen LogP contribution in [0.15, 0.2) is 47.8 Å². The van der Waals surface area contributed by atoms with Gasteiger partial charge < -0.3 is 25.8 Å². The number of carboxylic acid groups (broad SMARTS) is 1. The summed E-state index contributed by atoms with van der Waals surface area (Å²) >= 11 is 1.57. The maximum Gasteiger partial charge on any atom is 0.355 e. The number of carbonyl (C=O) groups is 3. The number of nitrogens with zero attached hydrogens (tertiary/aromatic N) is 2. The minimum Gasteiger partial charge on any atom is -0.493 e. The van der Waals surface area contributed by atoms with Crippen molar-refractivity contribution in [2.45, 2.75) is 39.7 Å². The first-order valence-corrected chi connectivity index (χ1v) is 15.2. The van der Waals surface area contributed by atoms with Crippen LogP contribution in [0.3, 0.4) is 0 Å². The van der Waals surface area contributed by atoms with E-state index in [1.165, 1.54) is 6.07 Å². The van der Waals surface area contributed by atoms with E-state index in [0.717, 1.165) is 45.5 Å². The Hall–Kier alpha value is -4.54. The van der Waals surface area contributed by atoms with Crippen LogP contribution in [0, 0.1) is 13.8 Å². The third kappa shape index (κ3) is 5.39. The summed E-state index contributed by atoms with van der Waals surface area (Å²) in [5.74, 6) is -1.44. The molecule has 0 saturated carbocycles. The summed E-state index contributed by atoms with van der Waals surface area (Å²) in [4.78, 5) is 46.7. The third-order valence-corrected chi connectivity index (χ3v) is 9.04. The number of thiophene rings is 1. The summed E-state index contributed by atoms with van der Waals surface area (Å²) in [5, 5.41) is 15.3. The fourth-order valence-electron chi connectivity index (χ4n) is 5.92. The SMILES string of the molecule is Cc1cc(CN)cc(C)c1NC(=O)c1cc2c(cc1-c1ccc(C(=O)N3CCCC3)nc1C(=O)O)OCCc1ccsc1-2. The predicted octanol–water partition coefficient (Wildman–Crippen LogP) is 5.67. The molecule has 1 fully saturated rings. The second-order valence-corrected chi connectivity index (χ2v) is 11.8. The summed E-state index contributed by atoms with van der Waals surface area (Å²) in [6.07, 6.45) is 2.53. The van der Waals surface area contributed by atoms with Gasteiger partial charge in [-0.3, -0.25) is 9.59 Å². The number of hydrogen-bond acceptors (Lipinski definition) is 7.